The molecule has 0 spiro atoms. The Labute approximate surface area is 157 Å². The number of ether oxygens (including phenoxy) is 2. The van der Waals surface area contributed by atoms with Crippen molar-refractivity contribution in [3.63, 3.8) is 0 Å². The summed E-state index contributed by atoms with van der Waals surface area (Å²) in [5.74, 6) is -0.0828. The zero-order valence-corrected chi connectivity index (χ0v) is 20.2. The van der Waals surface area contributed by atoms with E-state index in [4.69, 9.17) is 18.3 Å². The molecule has 0 heterocycles. The fourth-order valence-corrected chi connectivity index (χ4v) is 3.38. The minimum absolute atomic E-state index is 0.0612. The van der Waals surface area contributed by atoms with Gasteiger partial charge in [0.25, 0.3) is 0 Å². The molecule has 0 unspecified atom stereocenters. The molecule has 1 atom stereocenters. The van der Waals surface area contributed by atoms with Gasteiger partial charge in [0.2, 0.25) is 0 Å². The van der Waals surface area contributed by atoms with Crippen LogP contribution in [0.4, 0.5) is 0 Å². The van der Waals surface area contributed by atoms with E-state index in [0.29, 0.717) is 0 Å². The molecule has 0 aromatic carbocycles. The molecule has 0 saturated heterocycles. The Morgan fingerprint density at radius 2 is 1.32 bits per heavy atom. The fraction of sp³-hybridized carbons (Fsp3) is 0.944. The Hall–Kier alpha value is -0.0562. The number of carbonyl (C=O) groups is 1. The lowest BCUT2D eigenvalue weighted by atomic mass is 10.2. The summed E-state index contributed by atoms with van der Waals surface area (Å²) in [4.78, 5) is 12.6. The van der Waals surface area contributed by atoms with Crippen LogP contribution in [-0.2, 0) is 23.1 Å². The minimum atomic E-state index is -1.97. The predicted octanol–water partition coefficient (Wildman–Crippen LogP) is 4.59. The van der Waals surface area contributed by atoms with E-state index in [1.807, 2.05) is 0 Å². The summed E-state index contributed by atoms with van der Waals surface area (Å²) in [7, 11) is -2.38. The molecule has 0 rings (SSSR count). The first kappa shape index (κ1) is 24.9. The Morgan fingerprint density at radius 3 is 1.72 bits per heavy atom. The summed E-state index contributed by atoms with van der Waals surface area (Å²) in [5, 5.41) is 0.146. The molecular formula is C18H40O5Si2. The van der Waals surface area contributed by atoms with Crippen molar-refractivity contribution in [1.82, 2.24) is 0 Å². The normalized spacial score (nSPS) is 15.3. The van der Waals surface area contributed by atoms with Crippen molar-refractivity contribution in [3.8, 4) is 0 Å². The molecule has 0 bridgehead atoms. The Morgan fingerprint density at radius 1 is 0.880 bits per heavy atom. The maximum Gasteiger partial charge on any atom is 0.192 e. The van der Waals surface area contributed by atoms with E-state index in [1.54, 1.807) is 7.11 Å². The number of methoxy groups -OCH3 is 1. The standard InChI is InChI=1S/C18H40O5Si2/c1-17(2,3)24(8,9)22-12-15(19)16(21-14-20-7)13-23-25(10,11)18(4,5)6/h16H,12-14H2,1-11H3/t16-/m0/s1. The van der Waals surface area contributed by atoms with Gasteiger partial charge in [-0.05, 0) is 36.3 Å². The maximum absolute atomic E-state index is 12.6. The molecule has 0 aliphatic carbocycles. The second-order valence-corrected chi connectivity index (χ2v) is 19.3. The van der Waals surface area contributed by atoms with Crippen LogP contribution in [0, 0.1) is 0 Å². The van der Waals surface area contributed by atoms with Crippen LogP contribution in [-0.4, -0.2) is 55.6 Å². The Balaban J connectivity index is 4.89. The number of hydrogen-bond acceptors (Lipinski definition) is 5. The number of Topliss-reactive ketones (excluding diaryl/α,β-unsaturated/α-hetero) is 1. The highest BCUT2D eigenvalue weighted by atomic mass is 28.4. The zero-order valence-electron chi connectivity index (χ0n) is 18.2. The van der Waals surface area contributed by atoms with Crippen LogP contribution >= 0.6 is 0 Å². The van der Waals surface area contributed by atoms with Crippen LogP contribution in [0.2, 0.25) is 36.3 Å². The Bertz CT molecular complexity index is 422. The minimum Gasteiger partial charge on any atom is -0.414 e. The van der Waals surface area contributed by atoms with Gasteiger partial charge in [0.1, 0.15) is 12.9 Å². The largest absolute Gasteiger partial charge is 0.414 e. The molecule has 5 nitrogen and oxygen atoms in total. The van der Waals surface area contributed by atoms with Crippen molar-refractivity contribution in [3.05, 3.63) is 0 Å². The van der Waals surface area contributed by atoms with Gasteiger partial charge in [0.15, 0.2) is 22.4 Å². The quantitative estimate of drug-likeness (QED) is 0.402. The lowest BCUT2D eigenvalue weighted by Crippen LogP contribution is -2.46. The first-order valence-corrected chi connectivity index (χ1v) is 14.8. The highest BCUT2D eigenvalue weighted by molar-refractivity contribution is 6.74. The molecule has 150 valence electrons. The van der Waals surface area contributed by atoms with Crippen molar-refractivity contribution < 1.29 is 23.1 Å². The van der Waals surface area contributed by atoms with Crippen LogP contribution in [0.1, 0.15) is 41.5 Å². The van der Waals surface area contributed by atoms with Gasteiger partial charge in [0.05, 0.1) is 13.2 Å². The van der Waals surface area contributed by atoms with Gasteiger partial charge in [-0.2, -0.15) is 0 Å². The molecule has 0 fully saturated rings. The van der Waals surface area contributed by atoms with E-state index in [0.717, 1.165) is 0 Å². The topological polar surface area (TPSA) is 54.0 Å². The number of ketones is 1. The molecule has 0 saturated carbocycles. The van der Waals surface area contributed by atoms with E-state index < -0.39 is 22.7 Å². The van der Waals surface area contributed by atoms with E-state index in [2.05, 4.69) is 67.7 Å². The molecule has 0 aliphatic rings. The molecule has 0 radical (unpaired) electrons. The third kappa shape index (κ3) is 8.01. The van der Waals surface area contributed by atoms with Gasteiger partial charge < -0.3 is 18.3 Å². The highest BCUT2D eigenvalue weighted by Crippen LogP contribution is 2.37. The van der Waals surface area contributed by atoms with Crippen LogP contribution in [0.15, 0.2) is 0 Å². The highest BCUT2D eigenvalue weighted by Gasteiger charge is 2.40. The van der Waals surface area contributed by atoms with Crippen molar-refractivity contribution in [2.75, 3.05) is 27.1 Å². The van der Waals surface area contributed by atoms with Crippen molar-refractivity contribution in [1.29, 1.82) is 0 Å². The summed E-state index contributed by atoms with van der Waals surface area (Å²) < 4.78 is 22.8. The average Bonchev–Trinajstić information content (AvgIpc) is 2.42. The predicted molar refractivity (Wildman–Crippen MR) is 108 cm³/mol. The summed E-state index contributed by atoms with van der Waals surface area (Å²) in [6.07, 6.45) is -0.654. The lowest BCUT2D eigenvalue weighted by Gasteiger charge is -2.37. The smallest absolute Gasteiger partial charge is 0.192 e. The van der Waals surface area contributed by atoms with Crippen LogP contribution in [0.5, 0.6) is 0 Å². The van der Waals surface area contributed by atoms with E-state index in [1.165, 1.54) is 0 Å². The van der Waals surface area contributed by atoms with Gasteiger partial charge in [-0.25, -0.2) is 0 Å². The molecule has 25 heavy (non-hydrogen) atoms. The summed E-state index contributed by atoms with van der Waals surface area (Å²) >= 11 is 0. The summed E-state index contributed by atoms with van der Waals surface area (Å²) in [5.41, 5.74) is 0. The van der Waals surface area contributed by atoms with Gasteiger partial charge in [-0.15, -0.1) is 0 Å². The number of rotatable bonds is 10. The van der Waals surface area contributed by atoms with Gasteiger partial charge >= 0.3 is 0 Å². The number of hydrogen-bond donors (Lipinski definition) is 0. The molecule has 0 N–H and O–H groups in total. The average molecular weight is 393 g/mol. The monoisotopic (exact) mass is 392 g/mol. The molecule has 0 aromatic rings. The molecule has 0 aromatic heterocycles. The molecule has 7 heteroatoms. The van der Waals surface area contributed by atoms with E-state index in [-0.39, 0.29) is 35.9 Å². The maximum atomic E-state index is 12.6. The first-order valence-electron chi connectivity index (χ1n) is 8.96. The number of carbonyl (C=O) groups excluding carboxylic acids is 1. The SMILES string of the molecule is COCO[C@@H](CO[Si](C)(C)C(C)(C)C)C(=O)CO[Si](C)(C)C(C)(C)C. The second kappa shape index (κ2) is 9.24. The van der Waals surface area contributed by atoms with Gasteiger partial charge in [-0.1, -0.05) is 41.5 Å². The summed E-state index contributed by atoms with van der Waals surface area (Å²) in [6.45, 7) is 22.0. The lowest BCUT2D eigenvalue weighted by molar-refractivity contribution is -0.145. The van der Waals surface area contributed by atoms with Crippen LogP contribution < -0.4 is 0 Å². The zero-order chi connectivity index (χ0) is 20.1. The van der Waals surface area contributed by atoms with Crippen LogP contribution in [0.25, 0.3) is 0 Å². The summed E-state index contributed by atoms with van der Waals surface area (Å²) in [6, 6.07) is 0. The fourth-order valence-electron chi connectivity index (χ4n) is 1.45. The third-order valence-corrected chi connectivity index (χ3v) is 14.5. The third-order valence-electron chi connectivity index (χ3n) is 5.53. The van der Waals surface area contributed by atoms with Crippen molar-refractivity contribution >= 4 is 22.4 Å². The Kier molecular flexibility index (Phi) is 9.21. The second-order valence-electron chi connectivity index (χ2n) is 9.65. The van der Waals surface area contributed by atoms with Gasteiger partial charge in [0, 0.05) is 7.11 Å². The van der Waals surface area contributed by atoms with Crippen LogP contribution in [0.3, 0.4) is 0 Å². The molecular weight excluding hydrogens is 352 g/mol. The van der Waals surface area contributed by atoms with E-state index >= 15 is 0 Å². The van der Waals surface area contributed by atoms with Crippen molar-refractivity contribution in [2.45, 2.75) is 83.9 Å². The van der Waals surface area contributed by atoms with Crippen molar-refractivity contribution in [2.24, 2.45) is 0 Å². The molecule has 0 amide bonds. The first-order chi connectivity index (χ1) is 11.0. The molecule has 0 aliphatic heterocycles. The van der Waals surface area contributed by atoms with E-state index in [9.17, 15) is 4.79 Å². The van der Waals surface area contributed by atoms with Gasteiger partial charge in [-0.3, -0.25) is 4.79 Å².